The maximum Gasteiger partial charge on any atom is 0.323 e. The summed E-state index contributed by atoms with van der Waals surface area (Å²) in [5.74, 6) is -0.0955. The minimum atomic E-state index is -0.424. The van der Waals surface area contributed by atoms with Crippen LogP contribution in [0, 0.1) is 0 Å². The molecule has 4 aromatic carbocycles. The fourth-order valence-corrected chi connectivity index (χ4v) is 4.22. The van der Waals surface area contributed by atoms with Crippen molar-refractivity contribution in [3.05, 3.63) is 121 Å². The van der Waals surface area contributed by atoms with Gasteiger partial charge in [0, 0.05) is 22.0 Å². The summed E-state index contributed by atoms with van der Waals surface area (Å²) in [6, 6.07) is 35.5. The zero-order valence-corrected chi connectivity index (χ0v) is 18.6. The Morgan fingerprint density at radius 3 is 1.55 bits per heavy atom. The fourth-order valence-electron chi connectivity index (χ4n) is 3.20. The van der Waals surface area contributed by atoms with Crippen molar-refractivity contribution in [2.45, 2.75) is 10.1 Å². The summed E-state index contributed by atoms with van der Waals surface area (Å²) in [7, 11) is 0. The monoisotopic (exact) mass is 453 g/mol. The normalized spacial score (nSPS) is 11.3. The molecule has 3 N–H and O–H groups in total. The van der Waals surface area contributed by atoms with Crippen molar-refractivity contribution in [2.75, 3.05) is 16.0 Å². The van der Waals surface area contributed by atoms with Gasteiger partial charge in [-0.25, -0.2) is 4.79 Å². The number of urea groups is 1. The molecule has 0 aliphatic rings. The van der Waals surface area contributed by atoms with Crippen molar-refractivity contribution in [2.24, 2.45) is 0 Å². The van der Waals surface area contributed by atoms with E-state index in [4.69, 9.17) is 0 Å². The molecule has 5 nitrogen and oxygen atoms in total. The average molecular weight is 454 g/mol. The molecule has 0 aliphatic heterocycles. The van der Waals surface area contributed by atoms with Crippen molar-refractivity contribution in [3.63, 3.8) is 0 Å². The van der Waals surface area contributed by atoms with Crippen LogP contribution in [0.2, 0.25) is 0 Å². The highest BCUT2D eigenvalue weighted by Crippen LogP contribution is 2.36. The van der Waals surface area contributed by atoms with Crippen molar-refractivity contribution in [3.8, 4) is 0 Å². The van der Waals surface area contributed by atoms with E-state index in [1.54, 1.807) is 0 Å². The lowest BCUT2D eigenvalue weighted by Crippen LogP contribution is -2.19. The van der Waals surface area contributed by atoms with Crippen molar-refractivity contribution in [1.29, 1.82) is 0 Å². The van der Waals surface area contributed by atoms with Gasteiger partial charge in [-0.3, -0.25) is 4.79 Å². The van der Waals surface area contributed by atoms with Gasteiger partial charge in [0.05, 0.1) is 0 Å². The first-order chi connectivity index (χ1) is 16.2. The first kappa shape index (κ1) is 22.2. The van der Waals surface area contributed by atoms with Gasteiger partial charge in [-0.05, 0) is 54.1 Å². The summed E-state index contributed by atoms with van der Waals surface area (Å²) in [5.41, 5.74) is 3.06. The second-order valence-electron chi connectivity index (χ2n) is 7.23. The number of anilines is 3. The summed E-state index contributed by atoms with van der Waals surface area (Å²) in [4.78, 5) is 26.2. The lowest BCUT2D eigenvalue weighted by Gasteiger charge is -2.17. The standard InChI is InChI=1S/C27H23N3O2S/c31-26(28-21-12-6-2-7-13-21)25(20-10-4-1-5-11-20)33-24-18-16-23(17-19-24)30-27(32)29-22-14-8-3-9-15-22/h1-19,25H,(H,28,31)(H2,29,30,32). The molecule has 1 unspecified atom stereocenters. The highest BCUT2D eigenvalue weighted by atomic mass is 32.2. The molecule has 0 heterocycles. The number of thioether (sulfide) groups is 1. The predicted octanol–water partition coefficient (Wildman–Crippen LogP) is 6.80. The molecule has 3 amide bonds. The highest BCUT2D eigenvalue weighted by molar-refractivity contribution is 8.00. The highest BCUT2D eigenvalue weighted by Gasteiger charge is 2.22. The van der Waals surface area contributed by atoms with Gasteiger partial charge in [-0.1, -0.05) is 66.7 Å². The van der Waals surface area contributed by atoms with E-state index < -0.39 is 5.25 Å². The molecule has 1 atom stereocenters. The Morgan fingerprint density at radius 1 is 0.545 bits per heavy atom. The SMILES string of the molecule is O=C(Nc1ccccc1)Nc1ccc(SC(C(=O)Nc2ccccc2)c2ccccc2)cc1. The van der Waals surface area contributed by atoms with Gasteiger partial charge in [0.2, 0.25) is 5.91 Å². The lowest BCUT2D eigenvalue weighted by molar-refractivity contribution is -0.115. The third-order valence-electron chi connectivity index (χ3n) is 4.78. The van der Waals surface area contributed by atoms with Crippen LogP contribution in [0.15, 0.2) is 120 Å². The molecule has 0 saturated heterocycles. The maximum absolute atomic E-state index is 13.1. The van der Waals surface area contributed by atoms with Crippen LogP contribution in [0.5, 0.6) is 0 Å². The molecular formula is C27H23N3O2S. The van der Waals surface area contributed by atoms with Crippen LogP contribution in [0.1, 0.15) is 10.8 Å². The minimum Gasteiger partial charge on any atom is -0.325 e. The van der Waals surface area contributed by atoms with E-state index in [9.17, 15) is 9.59 Å². The van der Waals surface area contributed by atoms with E-state index in [1.807, 2.05) is 115 Å². The smallest absolute Gasteiger partial charge is 0.323 e. The molecule has 164 valence electrons. The topological polar surface area (TPSA) is 70.2 Å². The van der Waals surface area contributed by atoms with Gasteiger partial charge < -0.3 is 16.0 Å². The van der Waals surface area contributed by atoms with E-state index in [-0.39, 0.29) is 11.9 Å². The summed E-state index contributed by atoms with van der Waals surface area (Å²) in [5, 5.41) is 8.18. The first-order valence-electron chi connectivity index (χ1n) is 10.5. The summed E-state index contributed by atoms with van der Waals surface area (Å²) >= 11 is 1.46. The van der Waals surface area contributed by atoms with Gasteiger partial charge in [0.25, 0.3) is 0 Å². The zero-order chi connectivity index (χ0) is 22.9. The molecule has 4 aromatic rings. The molecule has 0 bridgehead atoms. The summed E-state index contributed by atoms with van der Waals surface area (Å²) < 4.78 is 0. The number of carbonyl (C=O) groups excluding carboxylic acids is 2. The fraction of sp³-hybridized carbons (Fsp3) is 0.0370. The van der Waals surface area contributed by atoms with Crippen LogP contribution in [-0.2, 0) is 4.79 Å². The summed E-state index contributed by atoms with van der Waals surface area (Å²) in [6.45, 7) is 0. The molecule has 0 radical (unpaired) electrons. The number of rotatable bonds is 7. The number of para-hydroxylation sites is 2. The van der Waals surface area contributed by atoms with Crippen molar-refractivity contribution in [1.82, 2.24) is 0 Å². The largest absolute Gasteiger partial charge is 0.325 e. The van der Waals surface area contributed by atoms with Gasteiger partial charge >= 0.3 is 6.03 Å². The maximum atomic E-state index is 13.1. The van der Waals surface area contributed by atoms with Crippen LogP contribution in [0.3, 0.4) is 0 Å². The Morgan fingerprint density at radius 2 is 1.00 bits per heavy atom. The van der Waals surface area contributed by atoms with Crippen LogP contribution in [0.4, 0.5) is 21.9 Å². The number of carbonyl (C=O) groups is 2. The molecule has 6 heteroatoms. The van der Waals surface area contributed by atoms with Gasteiger partial charge in [-0.15, -0.1) is 11.8 Å². The Balaban J connectivity index is 1.43. The van der Waals surface area contributed by atoms with Crippen molar-refractivity contribution >= 4 is 40.8 Å². The third kappa shape index (κ3) is 6.48. The Kier molecular flexibility index (Phi) is 7.40. The average Bonchev–Trinajstić information content (AvgIpc) is 2.85. The van der Waals surface area contributed by atoms with Crippen LogP contribution >= 0.6 is 11.8 Å². The molecule has 0 aliphatic carbocycles. The molecule has 33 heavy (non-hydrogen) atoms. The van der Waals surface area contributed by atoms with Gasteiger partial charge in [-0.2, -0.15) is 0 Å². The zero-order valence-electron chi connectivity index (χ0n) is 17.8. The van der Waals surface area contributed by atoms with Gasteiger partial charge in [0.1, 0.15) is 5.25 Å². The quantitative estimate of drug-likeness (QED) is 0.269. The molecule has 0 spiro atoms. The Labute approximate surface area is 197 Å². The second-order valence-corrected chi connectivity index (χ2v) is 8.41. The molecule has 0 fully saturated rings. The third-order valence-corrected chi connectivity index (χ3v) is 6.05. The van der Waals surface area contributed by atoms with Crippen LogP contribution < -0.4 is 16.0 Å². The summed E-state index contributed by atoms with van der Waals surface area (Å²) in [6.07, 6.45) is 0. The van der Waals surface area contributed by atoms with Crippen molar-refractivity contribution < 1.29 is 9.59 Å². The number of nitrogens with one attached hydrogen (secondary N) is 3. The second kappa shape index (κ2) is 11.0. The van der Waals surface area contributed by atoms with E-state index in [0.29, 0.717) is 5.69 Å². The Hall–Kier alpha value is -4.03. The molecule has 0 aromatic heterocycles. The van der Waals surface area contributed by atoms with E-state index in [0.717, 1.165) is 21.8 Å². The number of benzene rings is 4. The van der Waals surface area contributed by atoms with Gasteiger partial charge in [0.15, 0.2) is 0 Å². The molecular weight excluding hydrogens is 430 g/mol. The number of amides is 3. The van der Waals surface area contributed by atoms with E-state index >= 15 is 0 Å². The van der Waals surface area contributed by atoms with E-state index in [2.05, 4.69) is 16.0 Å². The van der Waals surface area contributed by atoms with Crippen LogP contribution in [-0.4, -0.2) is 11.9 Å². The van der Waals surface area contributed by atoms with Crippen LogP contribution in [0.25, 0.3) is 0 Å². The molecule has 4 rings (SSSR count). The minimum absolute atomic E-state index is 0.0955. The Bertz CT molecular complexity index is 1180. The molecule has 0 saturated carbocycles. The number of hydrogen-bond acceptors (Lipinski definition) is 3. The lowest BCUT2D eigenvalue weighted by atomic mass is 10.1. The predicted molar refractivity (Wildman–Crippen MR) is 136 cm³/mol. The van der Waals surface area contributed by atoms with E-state index in [1.165, 1.54) is 11.8 Å². The number of hydrogen-bond donors (Lipinski definition) is 3. The first-order valence-corrected chi connectivity index (χ1v) is 11.4.